The molecule has 0 saturated heterocycles. The van der Waals surface area contributed by atoms with E-state index in [1.54, 1.807) is 5.57 Å². The summed E-state index contributed by atoms with van der Waals surface area (Å²) in [4.78, 5) is 0. The Bertz CT molecular complexity index is 680. The molecule has 30 heavy (non-hydrogen) atoms. The summed E-state index contributed by atoms with van der Waals surface area (Å²) in [6, 6.07) is 0. The van der Waals surface area contributed by atoms with Crippen LogP contribution < -0.4 is 0 Å². The van der Waals surface area contributed by atoms with E-state index < -0.39 is 0 Å². The summed E-state index contributed by atoms with van der Waals surface area (Å²) in [7, 11) is 0. The summed E-state index contributed by atoms with van der Waals surface area (Å²) in [5.41, 5.74) is 6.25. The highest BCUT2D eigenvalue weighted by Crippen LogP contribution is 2.60. The normalized spacial score (nSPS) is 38.8. The summed E-state index contributed by atoms with van der Waals surface area (Å²) in [5.74, 6) is 3.68. The van der Waals surface area contributed by atoms with Crippen LogP contribution in [0.2, 0.25) is 0 Å². The van der Waals surface area contributed by atoms with Crippen molar-refractivity contribution in [1.29, 1.82) is 0 Å². The highest BCUT2D eigenvalue weighted by Gasteiger charge is 2.50. The first kappa shape index (κ1) is 23.8. The Morgan fingerprint density at radius 3 is 2.63 bits per heavy atom. The summed E-state index contributed by atoms with van der Waals surface area (Å²) >= 11 is 0. The summed E-state index contributed by atoms with van der Waals surface area (Å²) < 4.78 is 0. The molecule has 1 nitrogen and oxygen atoms in total. The number of hydrogen-bond acceptors (Lipinski definition) is 1. The van der Waals surface area contributed by atoms with Gasteiger partial charge in [-0.15, -0.1) is 0 Å². The van der Waals surface area contributed by atoms with Gasteiger partial charge in [0, 0.05) is 0 Å². The summed E-state index contributed by atoms with van der Waals surface area (Å²) in [5, 5.41) is 10.4. The number of rotatable bonds is 6. The molecule has 0 heterocycles. The Morgan fingerprint density at radius 2 is 1.93 bits per heavy atom. The molecular formula is C29H48O. The Balaban J connectivity index is 1.77. The first-order valence-electron chi connectivity index (χ1n) is 12.9. The predicted octanol–water partition coefficient (Wildman–Crippen LogP) is 8.26. The molecule has 0 aromatic rings. The molecule has 3 rings (SSSR count). The lowest BCUT2D eigenvalue weighted by Gasteiger charge is -2.45. The van der Waals surface area contributed by atoms with E-state index in [2.05, 4.69) is 54.2 Å². The van der Waals surface area contributed by atoms with Gasteiger partial charge in [-0.3, -0.25) is 0 Å². The number of fused-ring (bicyclic) bond motifs is 1. The third kappa shape index (κ3) is 4.98. The van der Waals surface area contributed by atoms with Crippen LogP contribution in [0.15, 0.2) is 34.9 Å². The van der Waals surface area contributed by atoms with Gasteiger partial charge in [0.25, 0.3) is 0 Å². The molecule has 0 aliphatic heterocycles. The lowest BCUT2D eigenvalue weighted by Crippen LogP contribution is -2.36. The Hall–Kier alpha value is -0.820. The maximum atomic E-state index is 10.4. The summed E-state index contributed by atoms with van der Waals surface area (Å²) in [6.45, 7) is 18.7. The molecule has 0 aromatic carbocycles. The van der Waals surface area contributed by atoms with Gasteiger partial charge in [0.1, 0.15) is 0 Å². The maximum absolute atomic E-state index is 10.4. The van der Waals surface area contributed by atoms with Crippen molar-refractivity contribution in [3.63, 3.8) is 0 Å². The molecule has 0 spiro atoms. The van der Waals surface area contributed by atoms with Crippen LogP contribution in [0.5, 0.6) is 0 Å². The van der Waals surface area contributed by atoms with Gasteiger partial charge in [-0.25, -0.2) is 0 Å². The van der Waals surface area contributed by atoms with Gasteiger partial charge in [-0.1, -0.05) is 83.3 Å². The van der Waals surface area contributed by atoms with Crippen molar-refractivity contribution in [3.05, 3.63) is 34.9 Å². The van der Waals surface area contributed by atoms with Gasteiger partial charge in [-0.05, 0) is 92.4 Å². The van der Waals surface area contributed by atoms with Crippen LogP contribution in [-0.2, 0) is 0 Å². The van der Waals surface area contributed by atoms with E-state index in [1.165, 1.54) is 68.1 Å². The fourth-order valence-corrected chi connectivity index (χ4v) is 7.23. The van der Waals surface area contributed by atoms with Gasteiger partial charge in [0.05, 0.1) is 6.10 Å². The zero-order chi connectivity index (χ0) is 22.1. The molecule has 1 N–H and O–H groups in total. The molecule has 170 valence electrons. The van der Waals surface area contributed by atoms with Crippen molar-refractivity contribution in [2.24, 2.45) is 35.0 Å². The smallest absolute Gasteiger partial charge is 0.0609 e. The molecule has 0 bridgehead atoms. The minimum absolute atomic E-state index is 0.210. The number of allylic oxidation sites excluding steroid dienone is 4. The van der Waals surface area contributed by atoms with E-state index in [4.69, 9.17) is 0 Å². The first-order valence-corrected chi connectivity index (χ1v) is 12.9. The first-order chi connectivity index (χ1) is 14.1. The molecule has 3 fully saturated rings. The lowest BCUT2D eigenvalue weighted by molar-refractivity contribution is 0.0923. The Kier molecular flexibility index (Phi) is 7.76. The monoisotopic (exact) mass is 412 g/mol. The molecule has 0 radical (unpaired) electrons. The standard InChI is InChI=1S/C29H48O/c1-19(2)10-8-11-20(3)26-13-14-27-25(12-9-15-29(26,27)7)22(5)17-24-18-28(30)23(6)16-21(24)4/h17,19-20,23,26-28,30H,4,8-16,18H2,1-3,5-7H3/t20-,23?,26-,27?,28-,29-/m1/s1. The topological polar surface area (TPSA) is 20.2 Å². The average Bonchev–Trinajstić information content (AvgIpc) is 3.02. The average molecular weight is 413 g/mol. The van der Waals surface area contributed by atoms with E-state index in [-0.39, 0.29) is 6.10 Å². The lowest BCUT2D eigenvalue weighted by atomic mass is 9.60. The van der Waals surface area contributed by atoms with Crippen LogP contribution in [0.3, 0.4) is 0 Å². The van der Waals surface area contributed by atoms with Gasteiger partial charge < -0.3 is 5.11 Å². The fourth-order valence-electron chi connectivity index (χ4n) is 7.23. The second-order valence-electron chi connectivity index (χ2n) is 11.8. The number of hydrogen-bond donors (Lipinski definition) is 1. The van der Waals surface area contributed by atoms with Crippen molar-refractivity contribution in [2.75, 3.05) is 0 Å². The molecule has 3 aliphatic carbocycles. The molecule has 3 saturated carbocycles. The minimum atomic E-state index is -0.210. The Labute approximate surface area is 187 Å². The van der Waals surface area contributed by atoms with Gasteiger partial charge >= 0.3 is 0 Å². The molecular weight excluding hydrogens is 364 g/mol. The molecule has 0 amide bonds. The third-order valence-corrected chi connectivity index (χ3v) is 9.13. The van der Waals surface area contributed by atoms with Crippen molar-refractivity contribution >= 4 is 0 Å². The number of aliphatic hydroxyl groups excluding tert-OH is 1. The SMILES string of the molecule is C=C1CC(C)[C@H](O)CC1=CC(C)=C1CCC[C@@]2(C)C1CC[C@@H]2[C@H](C)CCCC(C)C. The van der Waals surface area contributed by atoms with Crippen LogP contribution in [-0.4, -0.2) is 11.2 Å². The maximum Gasteiger partial charge on any atom is 0.0609 e. The van der Waals surface area contributed by atoms with Crippen molar-refractivity contribution in [1.82, 2.24) is 0 Å². The van der Waals surface area contributed by atoms with Crippen molar-refractivity contribution in [2.45, 2.75) is 112 Å². The predicted molar refractivity (Wildman–Crippen MR) is 130 cm³/mol. The molecule has 1 heteroatoms. The highest BCUT2D eigenvalue weighted by molar-refractivity contribution is 5.40. The van der Waals surface area contributed by atoms with E-state index in [0.29, 0.717) is 11.3 Å². The number of aliphatic hydroxyl groups is 1. The van der Waals surface area contributed by atoms with Crippen LogP contribution >= 0.6 is 0 Å². The van der Waals surface area contributed by atoms with Crippen LogP contribution in [0.4, 0.5) is 0 Å². The third-order valence-electron chi connectivity index (χ3n) is 9.13. The Morgan fingerprint density at radius 1 is 1.20 bits per heavy atom. The molecule has 0 aromatic heterocycles. The van der Waals surface area contributed by atoms with Gasteiger partial charge in [0.2, 0.25) is 0 Å². The summed E-state index contributed by atoms with van der Waals surface area (Å²) in [6.07, 6.45) is 14.9. The molecule has 2 unspecified atom stereocenters. The van der Waals surface area contributed by atoms with Crippen LogP contribution in [0.25, 0.3) is 0 Å². The second kappa shape index (κ2) is 9.76. The highest BCUT2D eigenvalue weighted by atomic mass is 16.3. The zero-order valence-electron chi connectivity index (χ0n) is 20.8. The van der Waals surface area contributed by atoms with Gasteiger partial charge in [0.15, 0.2) is 0 Å². The second-order valence-corrected chi connectivity index (χ2v) is 11.8. The zero-order valence-corrected chi connectivity index (χ0v) is 20.8. The quantitative estimate of drug-likeness (QED) is 0.465. The fraction of sp³-hybridized carbons (Fsp3) is 0.793. The molecule has 3 aliphatic rings. The van der Waals surface area contributed by atoms with E-state index >= 15 is 0 Å². The van der Waals surface area contributed by atoms with Crippen molar-refractivity contribution in [3.8, 4) is 0 Å². The van der Waals surface area contributed by atoms with Crippen LogP contribution in [0.1, 0.15) is 106 Å². The van der Waals surface area contributed by atoms with Gasteiger partial charge in [-0.2, -0.15) is 0 Å². The largest absolute Gasteiger partial charge is 0.392 e. The van der Waals surface area contributed by atoms with E-state index in [1.807, 2.05) is 0 Å². The molecule has 6 atom stereocenters. The van der Waals surface area contributed by atoms with E-state index in [0.717, 1.165) is 36.5 Å². The minimum Gasteiger partial charge on any atom is -0.392 e. The van der Waals surface area contributed by atoms with Crippen LogP contribution in [0, 0.1) is 35.0 Å². The van der Waals surface area contributed by atoms with E-state index in [9.17, 15) is 5.11 Å². The van der Waals surface area contributed by atoms with Crippen molar-refractivity contribution < 1.29 is 5.11 Å².